The van der Waals surface area contributed by atoms with Gasteiger partial charge in [-0.05, 0) is 61.4 Å². The fraction of sp³-hybridized carbons (Fsp3) is 0.182. The van der Waals surface area contributed by atoms with Crippen LogP contribution in [0.15, 0.2) is 73.1 Å². The summed E-state index contributed by atoms with van der Waals surface area (Å²) in [4.78, 5) is 16.4. The van der Waals surface area contributed by atoms with Crippen LogP contribution in [0.3, 0.4) is 0 Å². The van der Waals surface area contributed by atoms with Gasteiger partial charge < -0.3 is 14.8 Å². The summed E-state index contributed by atoms with van der Waals surface area (Å²) in [6.07, 6.45) is 4.51. The summed E-state index contributed by atoms with van der Waals surface area (Å²) in [6, 6.07) is 18.6. The van der Waals surface area contributed by atoms with Crippen molar-refractivity contribution >= 4 is 11.6 Å². The van der Waals surface area contributed by atoms with Crippen LogP contribution in [0.5, 0.6) is 17.2 Å². The van der Waals surface area contributed by atoms with Gasteiger partial charge in [-0.1, -0.05) is 18.2 Å². The van der Waals surface area contributed by atoms with Gasteiger partial charge >= 0.3 is 0 Å². The summed E-state index contributed by atoms with van der Waals surface area (Å²) in [5.41, 5.74) is 1.68. The zero-order valence-electron chi connectivity index (χ0n) is 15.2. The molecule has 5 heteroatoms. The van der Waals surface area contributed by atoms with Crippen molar-refractivity contribution in [3.05, 3.63) is 78.6 Å². The quantitative estimate of drug-likeness (QED) is 0.623. The van der Waals surface area contributed by atoms with Crippen molar-refractivity contribution in [2.24, 2.45) is 0 Å². The largest absolute Gasteiger partial charge is 0.494 e. The second-order valence-corrected chi connectivity index (χ2v) is 5.91. The third-order valence-electron chi connectivity index (χ3n) is 3.89. The first-order valence-electron chi connectivity index (χ1n) is 8.93. The lowest BCUT2D eigenvalue weighted by Gasteiger charge is -2.12. The highest BCUT2D eigenvalue weighted by molar-refractivity contribution is 5.92. The molecule has 1 amide bonds. The highest BCUT2D eigenvalue weighted by Crippen LogP contribution is 2.30. The molecule has 1 aromatic heterocycles. The zero-order valence-corrected chi connectivity index (χ0v) is 15.2. The number of pyridine rings is 1. The van der Waals surface area contributed by atoms with E-state index in [2.05, 4.69) is 10.3 Å². The number of rotatable bonds is 8. The SMILES string of the molecule is CCOc1ccc(Oc2ccccc2NC(=O)CCc2cccnc2)cc1. The van der Waals surface area contributed by atoms with Crippen molar-refractivity contribution in [2.75, 3.05) is 11.9 Å². The normalized spacial score (nSPS) is 10.3. The van der Waals surface area contributed by atoms with E-state index < -0.39 is 0 Å². The Balaban J connectivity index is 1.62. The summed E-state index contributed by atoms with van der Waals surface area (Å²) < 4.78 is 11.4. The molecule has 27 heavy (non-hydrogen) atoms. The second kappa shape index (κ2) is 9.38. The predicted octanol–water partition coefficient (Wildman–Crippen LogP) is 4.84. The molecule has 0 aliphatic rings. The molecule has 0 spiro atoms. The van der Waals surface area contributed by atoms with Gasteiger partial charge in [0.2, 0.25) is 5.91 Å². The molecule has 0 saturated carbocycles. The van der Waals surface area contributed by atoms with Crippen molar-refractivity contribution in [2.45, 2.75) is 19.8 Å². The van der Waals surface area contributed by atoms with Crippen LogP contribution in [0.4, 0.5) is 5.69 Å². The topological polar surface area (TPSA) is 60.5 Å². The fourth-order valence-electron chi connectivity index (χ4n) is 2.57. The van der Waals surface area contributed by atoms with Crippen LogP contribution in [0.25, 0.3) is 0 Å². The van der Waals surface area contributed by atoms with Gasteiger partial charge in [0.25, 0.3) is 0 Å². The van der Waals surface area contributed by atoms with Crippen molar-refractivity contribution in [1.82, 2.24) is 4.98 Å². The van der Waals surface area contributed by atoms with Gasteiger partial charge in [0.1, 0.15) is 11.5 Å². The minimum Gasteiger partial charge on any atom is -0.494 e. The predicted molar refractivity (Wildman–Crippen MR) is 105 cm³/mol. The number of hydrogen-bond acceptors (Lipinski definition) is 4. The van der Waals surface area contributed by atoms with Crippen molar-refractivity contribution in [1.29, 1.82) is 0 Å². The maximum atomic E-state index is 12.3. The molecule has 0 aliphatic heterocycles. The Labute approximate surface area is 159 Å². The van der Waals surface area contributed by atoms with E-state index in [0.717, 1.165) is 11.3 Å². The van der Waals surface area contributed by atoms with E-state index in [-0.39, 0.29) is 5.91 Å². The number of carbonyl (C=O) groups is 1. The lowest BCUT2D eigenvalue weighted by molar-refractivity contribution is -0.116. The monoisotopic (exact) mass is 362 g/mol. The van der Waals surface area contributed by atoms with Gasteiger partial charge in [0.05, 0.1) is 12.3 Å². The summed E-state index contributed by atoms with van der Waals surface area (Å²) in [6.45, 7) is 2.56. The van der Waals surface area contributed by atoms with Crippen molar-refractivity contribution in [3.8, 4) is 17.2 Å². The molecular formula is C22H22N2O3. The second-order valence-electron chi connectivity index (χ2n) is 5.91. The zero-order chi connectivity index (χ0) is 18.9. The number of anilines is 1. The van der Waals surface area contributed by atoms with Gasteiger partial charge in [-0.3, -0.25) is 9.78 Å². The van der Waals surface area contributed by atoms with Gasteiger partial charge in [-0.15, -0.1) is 0 Å². The van der Waals surface area contributed by atoms with E-state index >= 15 is 0 Å². The highest BCUT2D eigenvalue weighted by atomic mass is 16.5. The minimum atomic E-state index is -0.0680. The number of aryl methyl sites for hydroxylation is 1. The maximum Gasteiger partial charge on any atom is 0.224 e. The van der Waals surface area contributed by atoms with E-state index in [1.807, 2.05) is 67.6 Å². The van der Waals surface area contributed by atoms with Gasteiger partial charge in [0.15, 0.2) is 5.75 Å². The number of para-hydroxylation sites is 2. The smallest absolute Gasteiger partial charge is 0.224 e. The number of ether oxygens (including phenoxy) is 2. The van der Waals surface area contributed by atoms with Crippen LogP contribution < -0.4 is 14.8 Å². The van der Waals surface area contributed by atoms with Crippen molar-refractivity contribution in [3.63, 3.8) is 0 Å². The molecule has 0 bridgehead atoms. The molecule has 0 radical (unpaired) electrons. The van der Waals surface area contributed by atoms with E-state index in [9.17, 15) is 4.79 Å². The third kappa shape index (κ3) is 5.57. The molecule has 0 atom stereocenters. The van der Waals surface area contributed by atoms with Gasteiger partial charge in [-0.2, -0.15) is 0 Å². The van der Waals surface area contributed by atoms with E-state index in [1.165, 1.54) is 0 Å². The summed E-state index contributed by atoms with van der Waals surface area (Å²) in [5.74, 6) is 2.00. The van der Waals surface area contributed by atoms with Crippen LogP contribution in [-0.4, -0.2) is 17.5 Å². The molecule has 3 aromatic rings. The summed E-state index contributed by atoms with van der Waals surface area (Å²) in [5, 5.41) is 2.92. The Morgan fingerprint density at radius 3 is 2.52 bits per heavy atom. The molecule has 1 N–H and O–H groups in total. The van der Waals surface area contributed by atoms with Crippen LogP contribution in [0.1, 0.15) is 18.9 Å². The van der Waals surface area contributed by atoms with E-state index in [0.29, 0.717) is 36.6 Å². The first-order chi connectivity index (χ1) is 13.2. The van der Waals surface area contributed by atoms with E-state index in [1.54, 1.807) is 12.4 Å². The molecule has 0 saturated heterocycles. The summed E-state index contributed by atoms with van der Waals surface area (Å²) >= 11 is 0. The Hall–Kier alpha value is -3.34. The lowest BCUT2D eigenvalue weighted by atomic mass is 10.1. The maximum absolute atomic E-state index is 12.3. The number of aromatic nitrogens is 1. The molecule has 0 aliphatic carbocycles. The van der Waals surface area contributed by atoms with Crippen LogP contribution in [-0.2, 0) is 11.2 Å². The highest BCUT2D eigenvalue weighted by Gasteiger charge is 2.09. The van der Waals surface area contributed by atoms with Crippen LogP contribution >= 0.6 is 0 Å². The number of hydrogen-bond donors (Lipinski definition) is 1. The van der Waals surface area contributed by atoms with Crippen LogP contribution in [0.2, 0.25) is 0 Å². The molecule has 138 valence electrons. The Bertz CT molecular complexity index is 864. The molecule has 5 nitrogen and oxygen atoms in total. The number of benzene rings is 2. The summed E-state index contributed by atoms with van der Waals surface area (Å²) in [7, 11) is 0. The Morgan fingerprint density at radius 2 is 1.78 bits per heavy atom. The number of nitrogens with one attached hydrogen (secondary N) is 1. The molecule has 0 unspecified atom stereocenters. The first-order valence-corrected chi connectivity index (χ1v) is 8.93. The minimum absolute atomic E-state index is 0.0680. The average molecular weight is 362 g/mol. The third-order valence-corrected chi connectivity index (χ3v) is 3.89. The van der Waals surface area contributed by atoms with Gasteiger partial charge in [0, 0.05) is 18.8 Å². The van der Waals surface area contributed by atoms with Crippen molar-refractivity contribution < 1.29 is 14.3 Å². The number of carbonyl (C=O) groups excluding carboxylic acids is 1. The van der Waals surface area contributed by atoms with Gasteiger partial charge in [-0.25, -0.2) is 0 Å². The standard InChI is InChI=1S/C22H22N2O3/c1-2-26-18-10-12-19(13-11-18)27-21-8-4-3-7-20(21)24-22(25)14-9-17-6-5-15-23-16-17/h3-8,10-13,15-16H,2,9,14H2,1H3,(H,24,25). The molecular weight excluding hydrogens is 340 g/mol. The average Bonchev–Trinajstić information content (AvgIpc) is 2.70. The lowest BCUT2D eigenvalue weighted by Crippen LogP contribution is -2.13. The Morgan fingerprint density at radius 1 is 1.00 bits per heavy atom. The molecule has 2 aromatic carbocycles. The molecule has 3 rings (SSSR count). The van der Waals surface area contributed by atoms with Crippen LogP contribution in [0, 0.1) is 0 Å². The first kappa shape index (κ1) is 18.5. The number of nitrogens with zero attached hydrogens (tertiary/aromatic N) is 1. The molecule has 1 heterocycles. The fourth-order valence-corrected chi connectivity index (χ4v) is 2.57. The van der Waals surface area contributed by atoms with E-state index in [4.69, 9.17) is 9.47 Å². The Kier molecular flexibility index (Phi) is 6.41. The molecule has 0 fully saturated rings. The number of amides is 1.